The second kappa shape index (κ2) is 4.44. The molecule has 0 spiro atoms. The molecule has 0 atom stereocenters. The molecule has 0 saturated carbocycles. The third-order valence-electron chi connectivity index (χ3n) is 2.50. The number of ether oxygens (including phenoxy) is 3. The van der Waals surface area contributed by atoms with E-state index in [4.69, 9.17) is 18.6 Å². The summed E-state index contributed by atoms with van der Waals surface area (Å²) in [5.41, 5.74) is 0.223. The van der Waals surface area contributed by atoms with Crippen molar-refractivity contribution in [2.75, 3.05) is 21.3 Å². The molecule has 0 unspecified atom stereocenters. The number of nitro groups is 1. The van der Waals surface area contributed by atoms with Crippen molar-refractivity contribution < 1.29 is 23.6 Å². The standard InChI is InChI=1S/C11H11NO6/c1-15-7-5-8(16-2)11(17-3)10-6(7)4-9(18-10)12(13)14/h4-5H,1-3H3. The molecule has 0 aliphatic carbocycles. The first-order valence-electron chi connectivity index (χ1n) is 4.99. The van der Waals surface area contributed by atoms with Crippen molar-refractivity contribution in [3.63, 3.8) is 0 Å². The Kier molecular flexibility index (Phi) is 2.97. The molecular formula is C11H11NO6. The minimum Gasteiger partial charge on any atom is -0.496 e. The van der Waals surface area contributed by atoms with Crippen molar-refractivity contribution in [1.82, 2.24) is 0 Å². The van der Waals surface area contributed by atoms with Crippen molar-refractivity contribution in [3.05, 3.63) is 22.2 Å². The van der Waals surface area contributed by atoms with E-state index < -0.39 is 4.92 Å². The summed E-state index contributed by atoms with van der Waals surface area (Å²) < 4.78 is 20.6. The highest BCUT2D eigenvalue weighted by Gasteiger charge is 2.23. The molecule has 0 amide bonds. The number of hydrogen-bond acceptors (Lipinski definition) is 6. The van der Waals surface area contributed by atoms with Crippen LogP contribution in [-0.2, 0) is 0 Å². The van der Waals surface area contributed by atoms with E-state index in [2.05, 4.69) is 0 Å². The Morgan fingerprint density at radius 3 is 2.28 bits per heavy atom. The van der Waals surface area contributed by atoms with E-state index in [0.29, 0.717) is 22.6 Å². The summed E-state index contributed by atoms with van der Waals surface area (Å²) in [4.78, 5) is 10.1. The van der Waals surface area contributed by atoms with E-state index in [9.17, 15) is 10.1 Å². The predicted octanol–water partition coefficient (Wildman–Crippen LogP) is 2.37. The Bertz CT molecular complexity index is 603. The van der Waals surface area contributed by atoms with Gasteiger partial charge in [0.15, 0.2) is 11.3 Å². The van der Waals surface area contributed by atoms with Crippen molar-refractivity contribution in [2.45, 2.75) is 0 Å². The first-order chi connectivity index (χ1) is 8.62. The number of nitrogens with zero attached hydrogens (tertiary/aromatic N) is 1. The molecule has 18 heavy (non-hydrogen) atoms. The quantitative estimate of drug-likeness (QED) is 0.614. The van der Waals surface area contributed by atoms with Crippen LogP contribution in [0.15, 0.2) is 16.5 Å². The molecule has 0 bridgehead atoms. The zero-order valence-electron chi connectivity index (χ0n) is 10.1. The molecule has 0 radical (unpaired) electrons. The second-order valence-electron chi connectivity index (χ2n) is 3.40. The molecule has 2 rings (SSSR count). The van der Waals surface area contributed by atoms with Crippen LogP contribution in [0.4, 0.5) is 5.88 Å². The van der Waals surface area contributed by atoms with Gasteiger partial charge in [-0.1, -0.05) is 0 Å². The number of furan rings is 1. The summed E-state index contributed by atoms with van der Waals surface area (Å²) >= 11 is 0. The maximum Gasteiger partial charge on any atom is 0.434 e. The van der Waals surface area contributed by atoms with Crippen LogP contribution in [0, 0.1) is 10.1 Å². The van der Waals surface area contributed by atoms with Crippen molar-refractivity contribution in [1.29, 1.82) is 0 Å². The third-order valence-corrected chi connectivity index (χ3v) is 2.50. The molecule has 0 N–H and O–H groups in total. The summed E-state index contributed by atoms with van der Waals surface area (Å²) in [7, 11) is 4.35. The number of fused-ring (bicyclic) bond motifs is 1. The highest BCUT2D eigenvalue weighted by Crippen LogP contribution is 2.44. The molecule has 7 nitrogen and oxygen atoms in total. The van der Waals surface area contributed by atoms with Gasteiger partial charge in [-0.25, -0.2) is 0 Å². The van der Waals surface area contributed by atoms with E-state index in [1.165, 1.54) is 27.4 Å². The van der Waals surface area contributed by atoms with Crippen LogP contribution in [0.1, 0.15) is 0 Å². The van der Waals surface area contributed by atoms with Gasteiger partial charge in [0.05, 0.1) is 32.8 Å². The van der Waals surface area contributed by atoms with Crippen LogP contribution in [0.3, 0.4) is 0 Å². The Hall–Kier alpha value is -2.44. The van der Waals surface area contributed by atoms with Gasteiger partial charge < -0.3 is 18.6 Å². The molecule has 1 aromatic heterocycles. The van der Waals surface area contributed by atoms with Gasteiger partial charge in [0.1, 0.15) is 10.7 Å². The topological polar surface area (TPSA) is 84.0 Å². The van der Waals surface area contributed by atoms with E-state index in [-0.39, 0.29) is 11.5 Å². The summed E-state index contributed by atoms with van der Waals surface area (Å²) in [5.74, 6) is 0.710. The molecule has 1 aromatic carbocycles. The fourth-order valence-electron chi connectivity index (χ4n) is 1.71. The Labute approximate surface area is 102 Å². The maximum atomic E-state index is 10.7. The Balaban J connectivity index is 2.82. The van der Waals surface area contributed by atoms with Crippen LogP contribution in [0.5, 0.6) is 17.2 Å². The molecule has 0 fully saturated rings. The lowest BCUT2D eigenvalue weighted by Gasteiger charge is -2.09. The lowest BCUT2D eigenvalue weighted by atomic mass is 10.2. The van der Waals surface area contributed by atoms with Crippen molar-refractivity contribution in [2.24, 2.45) is 0 Å². The number of benzene rings is 1. The van der Waals surface area contributed by atoms with Crippen LogP contribution >= 0.6 is 0 Å². The van der Waals surface area contributed by atoms with Gasteiger partial charge in [-0.3, -0.25) is 10.1 Å². The van der Waals surface area contributed by atoms with Crippen LogP contribution in [0.2, 0.25) is 0 Å². The average molecular weight is 253 g/mol. The van der Waals surface area contributed by atoms with Gasteiger partial charge in [-0.05, 0) is 0 Å². The fraction of sp³-hybridized carbons (Fsp3) is 0.273. The lowest BCUT2D eigenvalue weighted by Crippen LogP contribution is -1.93. The smallest absolute Gasteiger partial charge is 0.434 e. The van der Waals surface area contributed by atoms with Crippen molar-refractivity contribution >= 4 is 16.9 Å². The van der Waals surface area contributed by atoms with E-state index in [1.807, 2.05) is 0 Å². The molecule has 7 heteroatoms. The summed E-state index contributed by atoms with van der Waals surface area (Å²) in [6, 6.07) is 2.87. The van der Waals surface area contributed by atoms with Gasteiger partial charge in [0.25, 0.3) is 0 Å². The normalized spacial score (nSPS) is 10.4. The number of rotatable bonds is 4. The first-order valence-corrected chi connectivity index (χ1v) is 4.99. The lowest BCUT2D eigenvalue weighted by molar-refractivity contribution is -0.401. The van der Waals surface area contributed by atoms with Crippen LogP contribution in [-0.4, -0.2) is 26.3 Å². The monoisotopic (exact) mass is 253 g/mol. The predicted molar refractivity (Wildman–Crippen MR) is 62.5 cm³/mol. The van der Waals surface area contributed by atoms with Gasteiger partial charge in [0.2, 0.25) is 5.75 Å². The maximum absolute atomic E-state index is 10.7. The van der Waals surface area contributed by atoms with Gasteiger partial charge in [0, 0.05) is 6.07 Å². The van der Waals surface area contributed by atoms with E-state index in [0.717, 1.165) is 0 Å². The summed E-state index contributed by atoms with van der Waals surface area (Å²) in [6.45, 7) is 0. The Morgan fingerprint density at radius 2 is 1.78 bits per heavy atom. The molecule has 96 valence electrons. The van der Waals surface area contributed by atoms with E-state index >= 15 is 0 Å². The number of hydrogen-bond donors (Lipinski definition) is 0. The highest BCUT2D eigenvalue weighted by atomic mass is 16.6. The zero-order valence-corrected chi connectivity index (χ0v) is 10.1. The summed E-state index contributed by atoms with van der Waals surface area (Å²) in [6.07, 6.45) is 0. The third kappa shape index (κ3) is 1.69. The molecular weight excluding hydrogens is 242 g/mol. The van der Waals surface area contributed by atoms with Gasteiger partial charge in [-0.15, -0.1) is 0 Å². The largest absolute Gasteiger partial charge is 0.496 e. The second-order valence-corrected chi connectivity index (χ2v) is 3.40. The van der Waals surface area contributed by atoms with E-state index in [1.54, 1.807) is 6.07 Å². The molecule has 0 aliphatic heterocycles. The number of methoxy groups -OCH3 is 3. The van der Waals surface area contributed by atoms with Gasteiger partial charge >= 0.3 is 5.88 Å². The minimum atomic E-state index is -0.620. The van der Waals surface area contributed by atoms with Gasteiger partial charge in [-0.2, -0.15) is 0 Å². The highest BCUT2D eigenvalue weighted by molar-refractivity contribution is 5.93. The Morgan fingerprint density at radius 1 is 1.11 bits per heavy atom. The first kappa shape index (κ1) is 12.0. The SMILES string of the molecule is COc1cc(OC)c2cc([N+](=O)[O-])oc2c1OC. The molecule has 0 aliphatic rings. The average Bonchev–Trinajstić information content (AvgIpc) is 2.81. The molecule has 2 aromatic rings. The summed E-state index contributed by atoms with van der Waals surface area (Å²) in [5, 5.41) is 11.2. The van der Waals surface area contributed by atoms with Crippen LogP contribution in [0.25, 0.3) is 11.0 Å². The minimum absolute atomic E-state index is 0.223. The fourth-order valence-corrected chi connectivity index (χ4v) is 1.71. The van der Waals surface area contributed by atoms with Crippen LogP contribution < -0.4 is 14.2 Å². The van der Waals surface area contributed by atoms with Crippen molar-refractivity contribution in [3.8, 4) is 17.2 Å². The molecule has 0 saturated heterocycles. The molecule has 1 heterocycles. The zero-order chi connectivity index (χ0) is 13.3.